The number of hydrogen-bond donors (Lipinski definition) is 2. The van der Waals surface area contributed by atoms with E-state index < -0.39 is 0 Å². The van der Waals surface area contributed by atoms with Gasteiger partial charge in [-0.15, -0.1) is 0 Å². The molecule has 18 heavy (non-hydrogen) atoms. The van der Waals surface area contributed by atoms with Gasteiger partial charge in [0.25, 0.3) is 5.91 Å². The standard InChI is InChI=1S/C12H16N4O2/c1-8-5-10(13)9(6-15-8)12(18)16-4-2-3-14-11(17)7-16/h5-6H,2-4,7H2,1H3,(H2,13,15)(H,14,17). The lowest BCUT2D eigenvalue weighted by molar-refractivity contribution is -0.121. The van der Waals surface area contributed by atoms with Gasteiger partial charge in [-0.3, -0.25) is 14.6 Å². The van der Waals surface area contributed by atoms with Gasteiger partial charge >= 0.3 is 0 Å². The van der Waals surface area contributed by atoms with Crippen molar-refractivity contribution in [3.8, 4) is 0 Å². The Kier molecular flexibility index (Phi) is 3.45. The van der Waals surface area contributed by atoms with Crippen molar-refractivity contribution in [1.82, 2.24) is 15.2 Å². The molecule has 6 heteroatoms. The Morgan fingerprint density at radius 1 is 1.56 bits per heavy atom. The number of aromatic nitrogens is 1. The van der Waals surface area contributed by atoms with Crippen LogP contribution in [0.5, 0.6) is 0 Å². The monoisotopic (exact) mass is 248 g/mol. The SMILES string of the molecule is Cc1cc(N)c(C(=O)N2CCCNC(=O)C2)cn1. The molecule has 0 aliphatic carbocycles. The van der Waals surface area contributed by atoms with Crippen LogP contribution in [-0.4, -0.2) is 41.3 Å². The molecular formula is C12H16N4O2. The minimum Gasteiger partial charge on any atom is -0.398 e. The molecule has 1 aromatic rings. The number of nitrogens with zero attached hydrogens (tertiary/aromatic N) is 2. The number of aryl methyl sites for hydroxylation is 1. The van der Waals surface area contributed by atoms with Crippen LogP contribution in [0, 0.1) is 6.92 Å². The highest BCUT2D eigenvalue weighted by molar-refractivity contribution is 6.00. The number of hydrogen-bond acceptors (Lipinski definition) is 4. The first-order valence-corrected chi connectivity index (χ1v) is 5.86. The van der Waals surface area contributed by atoms with Crippen LogP contribution in [0.3, 0.4) is 0 Å². The number of carbonyl (C=O) groups is 2. The predicted molar refractivity (Wildman–Crippen MR) is 66.9 cm³/mol. The van der Waals surface area contributed by atoms with Crippen molar-refractivity contribution in [3.63, 3.8) is 0 Å². The second kappa shape index (κ2) is 5.03. The summed E-state index contributed by atoms with van der Waals surface area (Å²) >= 11 is 0. The molecule has 0 unspecified atom stereocenters. The Labute approximate surface area is 105 Å². The topological polar surface area (TPSA) is 88.3 Å². The van der Waals surface area contributed by atoms with Crippen molar-refractivity contribution in [1.29, 1.82) is 0 Å². The van der Waals surface area contributed by atoms with Crippen LogP contribution in [0.2, 0.25) is 0 Å². The van der Waals surface area contributed by atoms with Crippen LogP contribution < -0.4 is 11.1 Å². The number of nitrogen functional groups attached to an aromatic ring is 1. The van der Waals surface area contributed by atoms with E-state index in [0.29, 0.717) is 24.3 Å². The van der Waals surface area contributed by atoms with E-state index in [9.17, 15) is 9.59 Å². The first-order valence-electron chi connectivity index (χ1n) is 5.86. The highest BCUT2D eigenvalue weighted by atomic mass is 16.2. The summed E-state index contributed by atoms with van der Waals surface area (Å²) in [5, 5.41) is 2.72. The van der Waals surface area contributed by atoms with Crippen LogP contribution in [0.1, 0.15) is 22.5 Å². The summed E-state index contributed by atoms with van der Waals surface area (Å²) in [5.41, 5.74) is 7.33. The van der Waals surface area contributed by atoms with Gasteiger partial charge in [-0.1, -0.05) is 0 Å². The van der Waals surface area contributed by atoms with Crippen molar-refractivity contribution in [2.75, 3.05) is 25.4 Å². The summed E-state index contributed by atoms with van der Waals surface area (Å²) in [7, 11) is 0. The Hall–Kier alpha value is -2.11. The number of pyridine rings is 1. The molecule has 1 aliphatic heterocycles. The Balaban J connectivity index is 2.21. The van der Waals surface area contributed by atoms with E-state index in [-0.39, 0.29) is 18.4 Å². The predicted octanol–water partition coefficient (Wildman–Crippen LogP) is -0.0657. The second-order valence-electron chi connectivity index (χ2n) is 4.34. The molecule has 2 amide bonds. The fourth-order valence-corrected chi connectivity index (χ4v) is 1.91. The van der Waals surface area contributed by atoms with Crippen LogP contribution in [0.15, 0.2) is 12.3 Å². The normalized spacial score (nSPS) is 16.1. The number of rotatable bonds is 1. The van der Waals surface area contributed by atoms with Gasteiger partial charge in [-0.05, 0) is 19.4 Å². The summed E-state index contributed by atoms with van der Waals surface area (Å²) in [6.45, 7) is 3.03. The molecule has 6 nitrogen and oxygen atoms in total. The van der Waals surface area contributed by atoms with Gasteiger partial charge in [0, 0.05) is 30.7 Å². The zero-order chi connectivity index (χ0) is 13.1. The molecule has 0 bridgehead atoms. The lowest BCUT2D eigenvalue weighted by Gasteiger charge is -2.19. The van der Waals surface area contributed by atoms with Crippen molar-refractivity contribution in [2.24, 2.45) is 0 Å². The number of carbonyl (C=O) groups excluding carboxylic acids is 2. The van der Waals surface area contributed by atoms with Gasteiger partial charge in [-0.2, -0.15) is 0 Å². The maximum atomic E-state index is 12.3. The Morgan fingerprint density at radius 3 is 3.06 bits per heavy atom. The highest BCUT2D eigenvalue weighted by Crippen LogP contribution is 2.14. The smallest absolute Gasteiger partial charge is 0.257 e. The molecule has 1 saturated heterocycles. The first kappa shape index (κ1) is 12.3. The van der Waals surface area contributed by atoms with Gasteiger partial charge in [0.05, 0.1) is 12.1 Å². The summed E-state index contributed by atoms with van der Waals surface area (Å²) in [4.78, 5) is 29.2. The van der Waals surface area contributed by atoms with Gasteiger partial charge in [0.2, 0.25) is 5.91 Å². The zero-order valence-corrected chi connectivity index (χ0v) is 10.3. The molecule has 2 heterocycles. The third-order valence-electron chi connectivity index (χ3n) is 2.85. The third-order valence-corrected chi connectivity index (χ3v) is 2.85. The van der Waals surface area contributed by atoms with E-state index in [1.54, 1.807) is 6.07 Å². The number of nitrogens with two attached hydrogens (primary N) is 1. The van der Waals surface area contributed by atoms with Crippen molar-refractivity contribution in [3.05, 3.63) is 23.5 Å². The lowest BCUT2D eigenvalue weighted by Crippen LogP contribution is -2.37. The van der Waals surface area contributed by atoms with E-state index >= 15 is 0 Å². The zero-order valence-electron chi connectivity index (χ0n) is 10.3. The minimum atomic E-state index is -0.239. The van der Waals surface area contributed by atoms with Crippen LogP contribution in [0.4, 0.5) is 5.69 Å². The van der Waals surface area contributed by atoms with Crippen molar-refractivity contribution in [2.45, 2.75) is 13.3 Å². The Bertz CT molecular complexity index is 487. The molecule has 96 valence electrons. The van der Waals surface area contributed by atoms with Gasteiger partial charge < -0.3 is 16.0 Å². The van der Waals surface area contributed by atoms with Crippen molar-refractivity contribution >= 4 is 17.5 Å². The largest absolute Gasteiger partial charge is 0.398 e. The maximum absolute atomic E-state index is 12.3. The molecule has 0 atom stereocenters. The molecule has 0 radical (unpaired) electrons. The van der Waals surface area contributed by atoms with E-state index in [0.717, 1.165) is 12.1 Å². The second-order valence-corrected chi connectivity index (χ2v) is 4.34. The van der Waals surface area contributed by atoms with Crippen LogP contribution in [0.25, 0.3) is 0 Å². The van der Waals surface area contributed by atoms with Crippen molar-refractivity contribution < 1.29 is 9.59 Å². The number of nitrogens with one attached hydrogen (secondary N) is 1. The highest BCUT2D eigenvalue weighted by Gasteiger charge is 2.22. The van der Waals surface area contributed by atoms with Crippen LogP contribution >= 0.6 is 0 Å². The minimum absolute atomic E-state index is 0.0755. The van der Waals surface area contributed by atoms with Gasteiger partial charge in [-0.25, -0.2) is 0 Å². The molecule has 2 rings (SSSR count). The lowest BCUT2D eigenvalue weighted by atomic mass is 10.2. The Morgan fingerprint density at radius 2 is 2.33 bits per heavy atom. The molecule has 0 aromatic carbocycles. The number of amides is 2. The molecule has 1 aliphatic rings. The quantitative estimate of drug-likeness (QED) is 0.728. The molecule has 0 saturated carbocycles. The van der Waals surface area contributed by atoms with Gasteiger partial charge in [0.1, 0.15) is 0 Å². The molecular weight excluding hydrogens is 232 g/mol. The first-order chi connectivity index (χ1) is 8.58. The van der Waals surface area contributed by atoms with E-state index in [2.05, 4.69) is 10.3 Å². The summed E-state index contributed by atoms with van der Waals surface area (Å²) in [6, 6.07) is 1.66. The van der Waals surface area contributed by atoms with E-state index in [1.807, 2.05) is 6.92 Å². The summed E-state index contributed by atoms with van der Waals surface area (Å²) in [6.07, 6.45) is 2.21. The molecule has 1 aromatic heterocycles. The average molecular weight is 248 g/mol. The van der Waals surface area contributed by atoms with E-state index in [4.69, 9.17) is 5.73 Å². The molecule has 0 spiro atoms. The fourth-order valence-electron chi connectivity index (χ4n) is 1.91. The van der Waals surface area contributed by atoms with E-state index in [1.165, 1.54) is 11.1 Å². The molecule has 1 fully saturated rings. The van der Waals surface area contributed by atoms with Gasteiger partial charge in [0.15, 0.2) is 0 Å². The third kappa shape index (κ3) is 2.58. The van der Waals surface area contributed by atoms with Crippen LogP contribution in [-0.2, 0) is 4.79 Å². The fraction of sp³-hybridized carbons (Fsp3) is 0.417. The summed E-state index contributed by atoms with van der Waals surface area (Å²) in [5.74, 6) is -0.378. The number of anilines is 1. The maximum Gasteiger partial charge on any atom is 0.257 e. The summed E-state index contributed by atoms with van der Waals surface area (Å²) < 4.78 is 0. The molecule has 3 N–H and O–H groups in total. The average Bonchev–Trinajstić information content (AvgIpc) is 2.53.